The first-order valence-electron chi connectivity index (χ1n) is 5.93. The van der Waals surface area contributed by atoms with Crippen molar-refractivity contribution in [3.05, 3.63) is 73.3 Å². The minimum absolute atomic E-state index is 0.798. The maximum atomic E-state index is 5.73. The van der Waals surface area contributed by atoms with Gasteiger partial charge in [0.1, 0.15) is 24.0 Å². The molecular weight excluding hydrogens is 236 g/mol. The van der Waals surface area contributed by atoms with Crippen LogP contribution in [-0.2, 0) is 0 Å². The van der Waals surface area contributed by atoms with Crippen molar-refractivity contribution in [2.75, 3.05) is 0 Å². The monoisotopic (exact) mass is 247 g/mol. The number of nitrogens with zero attached hydrogens (tertiary/aromatic N) is 2. The van der Waals surface area contributed by atoms with Crippen molar-refractivity contribution in [1.82, 2.24) is 9.97 Å². The zero-order valence-electron chi connectivity index (χ0n) is 10.2. The van der Waals surface area contributed by atoms with Crippen molar-refractivity contribution in [3.63, 3.8) is 0 Å². The number of ether oxygens (including phenoxy) is 1. The van der Waals surface area contributed by atoms with Crippen molar-refractivity contribution in [2.24, 2.45) is 0 Å². The summed E-state index contributed by atoms with van der Waals surface area (Å²) < 4.78 is 5.73. The van der Waals surface area contributed by atoms with Gasteiger partial charge in [-0.3, -0.25) is 0 Å². The van der Waals surface area contributed by atoms with E-state index >= 15 is 0 Å². The van der Waals surface area contributed by atoms with Crippen molar-refractivity contribution in [1.29, 1.82) is 0 Å². The Kier molecular flexibility index (Phi) is 3.19. The molecule has 2 aromatic carbocycles. The molecule has 0 unspecified atom stereocenters. The second-order valence-corrected chi connectivity index (χ2v) is 3.99. The number of benzene rings is 2. The minimum Gasteiger partial charge on any atom is -0.457 e. The standard InChI is InChI=1S/C16H11N2O/c1-2-4-15(5-3-1)19-16-8-6-13(7-9-16)14-10-17-12-18-11-14/h1-10,12H. The van der Waals surface area contributed by atoms with E-state index in [-0.39, 0.29) is 0 Å². The quantitative estimate of drug-likeness (QED) is 0.707. The summed E-state index contributed by atoms with van der Waals surface area (Å²) in [4.78, 5) is 7.86. The largest absolute Gasteiger partial charge is 0.457 e. The summed E-state index contributed by atoms with van der Waals surface area (Å²) in [7, 11) is 0. The van der Waals surface area contributed by atoms with Crippen LogP contribution >= 0.6 is 0 Å². The van der Waals surface area contributed by atoms with Crippen molar-refractivity contribution in [3.8, 4) is 22.6 Å². The average molecular weight is 247 g/mol. The highest BCUT2D eigenvalue weighted by molar-refractivity contribution is 5.61. The van der Waals surface area contributed by atoms with Gasteiger partial charge < -0.3 is 4.74 Å². The zero-order chi connectivity index (χ0) is 12.9. The lowest BCUT2D eigenvalue weighted by Gasteiger charge is -2.06. The van der Waals surface area contributed by atoms with E-state index in [1.165, 1.54) is 6.33 Å². The van der Waals surface area contributed by atoms with Gasteiger partial charge in [0.2, 0.25) is 0 Å². The molecule has 0 aliphatic rings. The number of hydrogen-bond acceptors (Lipinski definition) is 3. The fraction of sp³-hybridized carbons (Fsp3) is 0. The molecular formula is C16H11N2O. The molecule has 1 heterocycles. The summed E-state index contributed by atoms with van der Waals surface area (Å²) in [5.41, 5.74) is 1.88. The molecule has 91 valence electrons. The van der Waals surface area contributed by atoms with E-state index in [9.17, 15) is 0 Å². The van der Waals surface area contributed by atoms with Crippen LogP contribution in [0.25, 0.3) is 11.1 Å². The predicted octanol–water partition coefficient (Wildman–Crippen LogP) is 3.74. The molecule has 0 aliphatic heterocycles. The Labute approximate surface area is 111 Å². The second-order valence-electron chi connectivity index (χ2n) is 3.99. The Bertz CT molecular complexity index is 637. The van der Waals surface area contributed by atoms with Crippen LogP contribution in [0.1, 0.15) is 0 Å². The SMILES string of the molecule is [c]1ncncc1-c1ccc(Oc2ccccc2)cc1. The van der Waals surface area contributed by atoms with E-state index in [0.29, 0.717) is 0 Å². The summed E-state index contributed by atoms with van der Waals surface area (Å²) in [5, 5.41) is 0. The molecule has 0 bridgehead atoms. The van der Waals surface area contributed by atoms with E-state index in [1.807, 2.05) is 54.6 Å². The normalized spacial score (nSPS) is 10.1. The van der Waals surface area contributed by atoms with Crippen LogP contribution in [0.5, 0.6) is 11.5 Å². The summed E-state index contributed by atoms with van der Waals surface area (Å²) in [5.74, 6) is 1.62. The van der Waals surface area contributed by atoms with E-state index in [2.05, 4.69) is 16.2 Å². The Morgan fingerprint density at radius 3 is 2.26 bits per heavy atom. The lowest BCUT2D eigenvalue weighted by atomic mass is 10.1. The molecule has 3 aromatic rings. The molecule has 0 spiro atoms. The highest BCUT2D eigenvalue weighted by Crippen LogP contribution is 2.24. The first-order valence-corrected chi connectivity index (χ1v) is 5.93. The fourth-order valence-corrected chi connectivity index (χ4v) is 1.73. The van der Waals surface area contributed by atoms with E-state index in [4.69, 9.17) is 4.74 Å². The Balaban J connectivity index is 1.80. The van der Waals surface area contributed by atoms with Gasteiger partial charge in [-0.2, -0.15) is 0 Å². The van der Waals surface area contributed by atoms with Crippen LogP contribution in [0, 0.1) is 6.20 Å². The first kappa shape index (κ1) is 11.4. The van der Waals surface area contributed by atoms with Gasteiger partial charge in [-0.1, -0.05) is 30.3 Å². The lowest BCUT2D eigenvalue weighted by molar-refractivity contribution is 0.483. The third-order valence-corrected chi connectivity index (χ3v) is 2.66. The third kappa shape index (κ3) is 2.77. The molecule has 3 heteroatoms. The Hall–Kier alpha value is -2.68. The summed E-state index contributed by atoms with van der Waals surface area (Å²) in [6.07, 6.45) is 6.11. The van der Waals surface area contributed by atoms with Crippen molar-refractivity contribution < 1.29 is 4.74 Å². The fourth-order valence-electron chi connectivity index (χ4n) is 1.73. The number of rotatable bonds is 3. The average Bonchev–Trinajstić information content (AvgIpc) is 2.50. The van der Waals surface area contributed by atoms with Gasteiger partial charge in [0.05, 0.1) is 0 Å². The first-order chi connectivity index (χ1) is 9.42. The number of aromatic nitrogens is 2. The molecule has 19 heavy (non-hydrogen) atoms. The molecule has 3 rings (SSSR count). The summed E-state index contributed by atoms with van der Waals surface area (Å²) in [6, 6.07) is 17.5. The minimum atomic E-state index is 0.798. The molecule has 0 aliphatic carbocycles. The van der Waals surface area contributed by atoms with Crippen LogP contribution in [-0.4, -0.2) is 9.97 Å². The molecule has 0 fully saturated rings. The highest BCUT2D eigenvalue weighted by Gasteiger charge is 2.00. The molecule has 0 saturated carbocycles. The number of hydrogen-bond donors (Lipinski definition) is 0. The van der Waals surface area contributed by atoms with Gasteiger partial charge >= 0.3 is 0 Å². The van der Waals surface area contributed by atoms with Crippen LogP contribution in [0.3, 0.4) is 0 Å². The van der Waals surface area contributed by atoms with E-state index < -0.39 is 0 Å². The van der Waals surface area contributed by atoms with Gasteiger partial charge in [0.25, 0.3) is 0 Å². The molecule has 0 atom stereocenters. The number of para-hydroxylation sites is 1. The topological polar surface area (TPSA) is 35.0 Å². The van der Waals surface area contributed by atoms with E-state index in [1.54, 1.807) is 6.20 Å². The molecule has 3 nitrogen and oxygen atoms in total. The summed E-state index contributed by atoms with van der Waals surface area (Å²) >= 11 is 0. The van der Waals surface area contributed by atoms with Crippen LogP contribution in [0.15, 0.2) is 67.1 Å². The van der Waals surface area contributed by atoms with E-state index in [0.717, 1.165) is 22.6 Å². The predicted molar refractivity (Wildman–Crippen MR) is 72.8 cm³/mol. The van der Waals surface area contributed by atoms with Gasteiger partial charge in [-0.05, 0) is 29.8 Å². The zero-order valence-corrected chi connectivity index (χ0v) is 10.2. The van der Waals surface area contributed by atoms with Gasteiger partial charge in [0, 0.05) is 11.8 Å². The maximum absolute atomic E-state index is 5.73. The van der Waals surface area contributed by atoms with Gasteiger partial charge in [-0.25, -0.2) is 9.97 Å². The molecule has 1 radical (unpaired) electrons. The maximum Gasteiger partial charge on any atom is 0.127 e. The molecule has 0 saturated heterocycles. The summed E-state index contributed by atoms with van der Waals surface area (Å²) in [6.45, 7) is 0. The Morgan fingerprint density at radius 2 is 1.58 bits per heavy atom. The van der Waals surface area contributed by atoms with Crippen LogP contribution in [0.4, 0.5) is 0 Å². The van der Waals surface area contributed by atoms with Crippen LogP contribution in [0.2, 0.25) is 0 Å². The molecule has 1 aromatic heterocycles. The smallest absolute Gasteiger partial charge is 0.127 e. The Morgan fingerprint density at radius 1 is 0.842 bits per heavy atom. The van der Waals surface area contributed by atoms with Crippen molar-refractivity contribution >= 4 is 0 Å². The molecule has 0 amide bonds. The van der Waals surface area contributed by atoms with Gasteiger partial charge in [0.15, 0.2) is 0 Å². The highest BCUT2D eigenvalue weighted by atomic mass is 16.5. The lowest BCUT2D eigenvalue weighted by Crippen LogP contribution is -1.85. The molecule has 0 N–H and O–H groups in total. The van der Waals surface area contributed by atoms with Crippen molar-refractivity contribution in [2.45, 2.75) is 0 Å². The van der Waals surface area contributed by atoms with Crippen LogP contribution < -0.4 is 4.74 Å². The van der Waals surface area contributed by atoms with Gasteiger partial charge in [-0.15, -0.1) is 0 Å². The third-order valence-electron chi connectivity index (χ3n) is 2.66. The second kappa shape index (κ2) is 5.31.